The number of nitrogens with zero attached hydrogens (tertiary/aromatic N) is 2. The van der Waals surface area contributed by atoms with Crippen LogP contribution < -0.4 is 0 Å². The summed E-state index contributed by atoms with van der Waals surface area (Å²) in [5, 5.41) is 14.8. The Morgan fingerprint density at radius 2 is 2.10 bits per heavy atom. The summed E-state index contributed by atoms with van der Waals surface area (Å²) >= 11 is 0. The molecule has 4 heteroatoms. The van der Waals surface area contributed by atoms with Crippen molar-refractivity contribution in [3.8, 4) is 0 Å². The van der Waals surface area contributed by atoms with Crippen LogP contribution in [0.1, 0.15) is 64.1 Å². The fraction of sp³-hybridized carbons (Fsp3) is 0.812. The van der Waals surface area contributed by atoms with E-state index in [0.717, 1.165) is 5.69 Å². The molecule has 1 atom stereocenters. The van der Waals surface area contributed by atoms with Gasteiger partial charge in [0.2, 0.25) is 0 Å². The first-order chi connectivity index (χ1) is 9.50. The van der Waals surface area contributed by atoms with Crippen LogP contribution in [0.4, 0.5) is 0 Å². The number of hydrogen-bond donors (Lipinski definition) is 1. The van der Waals surface area contributed by atoms with E-state index in [2.05, 4.69) is 16.0 Å². The second-order valence-corrected chi connectivity index (χ2v) is 6.60. The van der Waals surface area contributed by atoms with E-state index in [1.807, 2.05) is 19.9 Å². The van der Waals surface area contributed by atoms with Gasteiger partial charge in [-0.2, -0.15) is 5.10 Å². The van der Waals surface area contributed by atoms with Gasteiger partial charge in [0.1, 0.15) is 0 Å². The number of methoxy groups -OCH3 is 1. The van der Waals surface area contributed by atoms with Crippen molar-refractivity contribution >= 4 is 0 Å². The molecule has 114 valence electrons. The molecule has 2 rings (SSSR count). The maximum Gasteiger partial charge on any atom is 0.0650 e. The molecule has 1 saturated carbocycles. The summed E-state index contributed by atoms with van der Waals surface area (Å²) in [6, 6.07) is 2.60. The maximum atomic E-state index is 10.2. The van der Waals surface area contributed by atoms with Gasteiger partial charge in [-0.1, -0.05) is 19.3 Å². The molecule has 1 heterocycles. The minimum atomic E-state index is -0.403. The molecular formula is C16H28N2O2. The molecule has 1 aliphatic carbocycles. The van der Waals surface area contributed by atoms with E-state index in [-0.39, 0.29) is 5.60 Å². The van der Waals surface area contributed by atoms with Gasteiger partial charge in [0, 0.05) is 26.1 Å². The molecule has 0 spiro atoms. The van der Waals surface area contributed by atoms with E-state index >= 15 is 0 Å². The summed E-state index contributed by atoms with van der Waals surface area (Å²) in [7, 11) is 1.69. The lowest BCUT2D eigenvalue weighted by Crippen LogP contribution is -2.29. The van der Waals surface area contributed by atoms with Crippen LogP contribution in [0.15, 0.2) is 12.3 Å². The van der Waals surface area contributed by atoms with Gasteiger partial charge in [0.15, 0.2) is 0 Å². The Morgan fingerprint density at radius 3 is 2.75 bits per heavy atom. The molecule has 0 radical (unpaired) electrons. The molecule has 0 aromatic carbocycles. The number of hydrogen-bond acceptors (Lipinski definition) is 3. The van der Waals surface area contributed by atoms with E-state index in [1.165, 1.54) is 32.1 Å². The zero-order valence-electron chi connectivity index (χ0n) is 13.0. The molecule has 0 aliphatic heterocycles. The average Bonchev–Trinajstić information content (AvgIpc) is 2.87. The van der Waals surface area contributed by atoms with Crippen molar-refractivity contribution in [2.45, 2.75) is 76.5 Å². The second kappa shape index (κ2) is 6.72. The molecule has 4 nitrogen and oxygen atoms in total. The topological polar surface area (TPSA) is 47.3 Å². The third kappa shape index (κ3) is 4.32. The van der Waals surface area contributed by atoms with Crippen molar-refractivity contribution in [2.24, 2.45) is 0 Å². The molecule has 1 unspecified atom stereocenters. The van der Waals surface area contributed by atoms with Crippen LogP contribution in [0.2, 0.25) is 0 Å². The second-order valence-electron chi connectivity index (χ2n) is 6.60. The fourth-order valence-corrected chi connectivity index (χ4v) is 3.00. The number of aliphatic hydroxyl groups is 1. The summed E-state index contributed by atoms with van der Waals surface area (Å²) in [6.07, 6.45) is 9.34. The Hall–Kier alpha value is -0.870. The molecule has 20 heavy (non-hydrogen) atoms. The zero-order chi connectivity index (χ0) is 14.6. The van der Waals surface area contributed by atoms with E-state index in [0.29, 0.717) is 18.9 Å². The number of rotatable bonds is 6. The van der Waals surface area contributed by atoms with Crippen molar-refractivity contribution in [1.29, 1.82) is 0 Å². The van der Waals surface area contributed by atoms with Gasteiger partial charge < -0.3 is 9.84 Å². The molecule has 1 aromatic rings. The van der Waals surface area contributed by atoms with Crippen molar-refractivity contribution in [3.63, 3.8) is 0 Å². The van der Waals surface area contributed by atoms with E-state index in [1.54, 1.807) is 7.11 Å². The Morgan fingerprint density at radius 1 is 1.40 bits per heavy atom. The summed E-state index contributed by atoms with van der Waals surface area (Å²) in [5.41, 5.74) is 0.695. The first-order valence-electron chi connectivity index (χ1n) is 7.77. The molecule has 1 aliphatic rings. The summed E-state index contributed by atoms with van der Waals surface area (Å²) in [5.74, 6) is 0. The predicted molar refractivity (Wildman–Crippen MR) is 79.8 cm³/mol. The zero-order valence-corrected chi connectivity index (χ0v) is 13.0. The molecule has 1 N–H and O–H groups in total. The SMILES string of the molecule is COC(C)(C)CC(O)Cc1ccn(C2CCCCC2)n1. The maximum absolute atomic E-state index is 10.2. The van der Waals surface area contributed by atoms with E-state index in [4.69, 9.17) is 4.74 Å². The molecule has 1 fully saturated rings. The Bertz CT molecular complexity index is 408. The third-order valence-electron chi connectivity index (χ3n) is 4.34. The van der Waals surface area contributed by atoms with Gasteiger partial charge >= 0.3 is 0 Å². The predicted octanol–water partition coefficient (Wildman–Crippen LogP) is 3.11. The molecule has 0 amide bonds. The number of aliphatic hydroxyl groups excluding tert-OH is 1. The lowest BCUT2D eigenvalue weighted by molar-refractivity contribution is -0.0193. The van der Waals surface area contributed by atoms with E-state index < -0.39 is 6.10 Å². The van der Waals surface area contributed by atoms with Gasteiger partial charge in [0.25, 0.3) is 0 Å². The quantitative estimate of drug-likeness (QED) is 0.871. The van der Waals surface area contributed by atoms with Crippen molar-refractivity contribution < 1.29 is 9.84 Å². The first kappa shape index (κ1) is 15.5. The summed E-state index contributed by atoms with van der Waals surface area (Å²) in [6.45, 7) is 3.99. The highest BCUT2D eigenvalue weighted by Crippen LogP contribution is 2.27. The van der Waals surface area contributed by atoms with Crippen molar-refractivity contribution in [3.05, 3.63) is 18.0 Å². The van der Waals surface area contributed by atoms with Crippen LogP contribution in [-0.2, 0) is 11.2 Å². The lowest BCUT2D eigenvalue weighted by atomic mass is 9.96. The van der Waals surface area contributed by atoms with Crippen LogP contribution >= 0.6 is 0 Å². The van der Waals surface area contributed by atoms with Gasteiger partial charge in [-0.05, 0) is 32.8 Å². The number of aromatic nitrogens is 2. The Kier molecular flexibility index (Phi) is 5.22. The standard InChI is InChI=1S/C16H28N2O2/c1-16(2,20-3)12-15(19)11-13-9-10-18(17-13)14-7-5-4-6-8-14/h9-10,14-15,19H,4-8,11-12H2,1-3H3. The van der Waals surface area contributed by atoms with Crippen LogP contribution in [-0.4, -0.2) is 33.7 Å². The largest absolute Gasteiger partial charge is 0.393 e. The monoisotopic (exact) mass is 280 g/mol. The molecular weight excluding hydrogens is 252 g/mol. The Balaban J connectivity index is 1.88. The van der Waals surface area contributed by atoms with Crippen molar-refractivity contribution in [1.82, 2.24) is 9.78 Å². The van der Waals surface area contributed by atoms with Gasteiger partial charge in [-0.25, -0.2) is 0 Å². The van der Waals surface area contributed by atoms with Gasteiger partial charge in [-0.3, -0.25) is 4.68 Å². The molecule has 1 aromatic heterocycles. The Labute approximate surface area is 122 Å². The van der Waals surface area contributed by atoms with Crippen LogP contribution in [0.25, 0.3) is 0 Å². The van der Waals surface area contributed by atoms with Gasteiger partial charge in [-0.15, -0.1) is 0 Å². The third-order valence-corrected chi connectivity index (χ3v) is 4.34. The summed E-state index contributed by atoms with van der Waals surface area (Å²) in [4.78, 5) is 0. The minimum Gasteiger partial charge on any atom is -0.393 e. The molecule has 0 bridgehead atoms. The normalized spacial score (nSPS) is 19.2. The van der Waals surface area contributed by atoms with E-state index in [9.17, 15) is 5.11 Å². The fourth-order valence-electron chi connectivity index (χ4n) is 3.00. The lowest BCUT2D eigenvalue weighted by Gasteiger charge is -2.25. The van der Waals surface area contributed by atoms with Gasteiger partial charge in [0.05, 0.1) is 23.4 Å². The van der Waals surface area contributed by atoms with Crippen LogP contribution in [0.5, 0.6) is 0 Å². The highest BCUT2D eigenvalue weighted by molar-refractivity contribution is 5.02. The molecule has 0 saturated heterocycles. The number of ether oxygens (including phenoxy) is 1. The van der Waals surface area contributed by atoms with Crippen molar-refractivity contribution in [2.75, 3.05) is 7.11 Å². The van der Waals surface area contributed by atoms with Crippen LogP contribution in [0, 0.1) is 0 Å². The average molecular weight is 280 g/mol. The first-order valence-corrected chi connectivity index (χ1v) is 7.77. The highest BCUT2D eigenvalue weighted by atomic mass is 16.5. The van der Waals surface area contributed by atoms with Crippen LogP contribution in [0.3, 0.4) is 0 Å². The summed E-state index contributed by atoms with van der Waals surface area (Å²) < 4.78 is 7.46. The highest BCUT2D eigenvalue weighted by Gasteiger charge is 2.22. The minimum absolute atomic E-state index is 0.286. The smallest absolute Gasteiger partial charge is 0.0650 e.